The molecule has 0 heterocycles. The van der Waals surface area contributed by atoms with Crippen LogP contribution in [0.5, 0.6) is 5.75 Å². The first-order valence-electron chi connectivity index (χ1n) is 8.69. The quantitative estimate of drug-likeness (QED) is 0.203. The first-order chi connectivity index (χ1) is 14.5. The highest BCUT2D eigenvalue weighted by atomic mass is 16.5. The molecule has 156 valence electrons. The van der Waals surface area contributed by atoms with Gasteiger partial charge in [0.05, 0.1) is 0 Å². The molecule has 0 aliphatic heterocycles. The van der Waals surface area contributed by atoms with Crippen molar-refractivity contribution < 1.29 is 29.5 Å². The fraction of sp³-hybridized carbons (Fsp3) is 0.150. The summed E-state index contributed by atoms with van der Waals surface area (Å²) < 4.78 is 5.16. The Balaban J connectivity index is 1.98. The second kappa shape index (κ2) is 11.2. The molecule has 2 aromatic carbocycles. The summed E-state index contributed by atoms with van der Waals surface area (Å²) in [5.74, 6) is 4.37. The second-order valence-corrected chi connectivity index (χ2v) is 5.91. The Morgan fingerprint density at radius 1 is 0.933 bits per heavy atom. The molecule has 30 heavy (non-hydrogen) atoms. The van der Waals surface area contributed by atoms with Gasteiger partial charge in [0.15, 0.2) is 6.61 Å². The minimum Gasteiger partial charge on any atom is -0.484 e. The first kappa shape index (κ1) is 22.4. The molecule has 0 unspecified atom stereocenters. The van der Waals surface area contributed by atoms with Crippen LogP contribution in [0.25, 0.3) is 0 Å². The topological polar surface area (TPSA) is 163 Å². The average Bonchev–Trinajstić information content (AvgIpc) is 2.79. The van der Waals surface area contributed by atoms with Crippen LogP contribution in [0.15, 0.2) is 48.5 Å². The zero-order chi connectivity index (χ0) is 21.9. The van der Waals surface area contributed by atoms with Crippen molar-refractivity contribution in [3.8, 4) is 17.6 Å². The van der Waals surface area contributed by atoms with E-state index < -0.39 is 23.8 Å². The number of hydroxylamine groups is 2. The van der Waals surface area contributed by atoms with Gasteiger partial charge in [0.1, 0.15) is 11.8 Å². The molecule has 0 radical (unpaired) electrons. The van der Waals surface area contributed by atoms with Crippen molar-refractivity contribution in [2.24, 2.45) is 5.73 Å². The largest absolute Gasteiger partial charge is 0.484 e. The van der Waals surface area contributed by atoms with Crippen molar-refractivity contribution in [1.82, 2.24) is 16.3 Å². The van der Waals surface area contributed by atoms with Crippen molar-refractivity contribution in [2.75, 3.05) is 13.2 Å². The van der Waals surface area contributed by atoms with E-state index in [-0.39, 0.29) is 13.2 Å². The van der Waals surface area contributed by atoms with Gasteiger partial charge in [-0.25, -0.2) is 11.0 Å². The summed E-state index contributed by atoms with van der Waals surface area (Å²) in [6.07, 6.45) is 0. The van der Waals surface area contributed by atoms with Gasteiger partial charge in [0.25, 0.3) is 17.7 Å². The van der Waals surface area contributed by atoms with Gasteiger partial charge >= 0.3 is 0 Å². The standard InChI is InChI=1S/C20H20N4O6/c21-11-17(20(27)24-29)22-19(26)15-7-3-13(4-8-15)1-2-14-5-9-16(10-6-14)30-12-18(25)23-28/h3-10,17,28-29H,11-12,21H2,(H,22,26)(H,23,25)(H,24,27)/t17-/m0/s1. The predicted octanol–water partition coefficient (Wildman–Crippen LogP) is -0.467. The van der Waals surface area contributed by atoms with Crippen LogP contribution in [-0.2, 0) is 9.59 Å². The molecule has 2 rings (SSSR count). The van der Waals surface area contributed by atoms with Crippen LogP contribution in [0, 0.1) is 11.8 Å². The maximum atomic E-state index is 12.2. The number of rotatable bonds is 7. The van der Waals surface area contributed by atoms with Crippen molar-refractivity contribution in [3.05, 3.63) is 65.2 Å². The lowest BCUT2D eigenvalue weighted by atomic mass is 10.1. The Kier molecular flexibility index (Phi) is 8.34. The van der Waals surface area contributed by atoms with Crippen LogP contribution in [0.2, 0.25) is 0 Å². The molecule has 0 aromatic heterocycles. The van der Waals surface area contributed by atoms with Crippen LogP contribution in [-0.4, -0.2) is 47.3 Å². The van der Waals surface area contributed by atoms with Gasteiger partial charge in [-0.05, 0) is 48.5 Å². The minimum atomic E-state index is -1.05. The van der Waals surface area contributed by atoms with Gasteiger partial charge in [0, 0.05) is 23.2 Å². The molecule has 0 aliphatic carbocycles. The third-order valence-corrected chi connectivity index (χ3v) is 3.81. The van der Waals surface area contributed by atoms with Gasteiger partial charge in [-0.15, -0.1) is 0 Å². The zero-order valence-electron chi connectivity index (χ0n) is 15.7. The molecule has 0 aliphatic rings. The number of carbonyl (C=O) groups is 3. The number of amides is 3. The van der Waals surface area contributed by atoms with E-state index in [2.05, 4.69) is 17.2 Å². The van der Waals surface area contributed by atoms with Crippen LogP contribution in [0.4, 0.5) is 0 Å². The van der Waals surface area contributed by atoms with E-state index >= 15 is 0 Å². The van der Waals surface area contributed by atoms with Crippen molar-refractivity contribution in [2.45, 2.75) is 6.04 Å². The highest BCUT2D eigenvalue weighted by Gasteiger charge is 2.19. The van der Waals surface area contributed by atoms with Crippen molar-refractivity contribution in [1.29, 1.82) is 0 Å². The Morgan fingerprint density at radius 2 is 1.50 bits per heavy atom. The fourth-order valence-electron chi connectivity index (χ4n) is 2.22. The molecule has 7 N–H and O–H groups in total. The highest BCUT2D eigenvalue weighted by molar-refractivity contribution is 5.97. The normalized spacial score (nSPS) is 10.8. The van der Waals surface area contributed by atoms with Gasteiger partial charge in [-0.1, -0.05) is 11.8 Å². The third-order valence-electron chi connectivity index (χ3n) is 3.81. The van der Waals surface area contributed by atoms with E-state index in [1.807, 2.05) is 0 Å². The average molecular weight is 412 g/mol. The Hall–Kier alpha value is -3.91. The summed E-state index contributed by atoms with van der Waals surface area (Å²) in [5.41, 5.74) is 9.99. The molecule has 10 heteroatoms. The van der Waals surface area contributed by atoms with E-state index in [1.165, 1.54) is 11.0 Å². The molecule has 2 aromatic rings. The molecule has 0 fully saturated rings. The summed E-state index contributed by atoms with van der Waals surface area (Å²) in [5, 5.41) is 19.5. The maximum absolute atomic E-state index is 12.2. The summed E-state index contributed by atoms with van der Waals surface area (Å²) in [6, 6.07) is 12.0. The number of nitrogens with two attached hydrogens (primary N) is 1. The summed E-state index contributed by atoms with van der Waals surface area (Å²) in [4.78, 5) is 34.5. The summed E-state index contributed by atoms with van der Waals surface area (Å²) in [6.45, 7) is -0.474. The third kappa shape index (κ3) is 6.61. The number of benzene rings is 2. The van der Waals surface area contributed by atoms with Crippen molar-refractivity contribution in [3.63, 3.8) is 0 Å². The van der Waals surface area contributed by atoms with E-state index in [9.17, 15) is 14.4 Å². The summed E-state index contributed by atoms with van der Waals surface area (Å²) in [7, 11) is 0. The molecular formula is C20H20N4O6. The van der Waals surface area contributed by atoms with Gasteiger partial charge in [-0.3, -0.25) is 24.8 Å². The SMILES string of the molecule is NC[C@H](NC(=O)c1ccc(C#Cc2ccc(OCC(=O)NO)cc2)cc1)C(=O)NO. The van der Waals surface area contributed by atoms with E-state index in [4.69, 9.17) is 20.9 Å². The van der Waals surface area contributed by atoms with Crippen LogP contribution in [0.3, 0.4) is 0 Å². The van der Waals surface area contributed by atoms with E-state index in [1.54, 1.807) is 48.5 Å². The lowest BCUT2D eigenvalue weighted by molar-refractivity contribution is -0.131. The molecule has 3 amide bonds. The number of nitrogens with one attached hydrogen (secondary N) is 3. The van der Waals surface area contributed by atoms with Crippen LogP contribution >= 0.6 is 0 Å². The number of hydrogen-bond donors (Lipinski definition) is 6. The zero-order valence-corrected chi connectivity index (χ0v) is 15.7. The molecule has 0 spiro atoms. The van der Waals surface area contributed by atoms with Crippen LogP contribution in [0.1, 0.15) is 21.5 Å². The molecule has 0 saturated carbocycles. The predicted molar refractivity (Wildman–Crippen MR) is 105 cm³/mol. The molecule has 1 atom stereocenters. The Bertz CT molecular complexity index is 948. The molecule has 10 nitrogen and oxygen atoms in total. The molecule has 0 bridgehead atoms. The van der Waals surface area contributed by atoms with Crippen molar-refractivity contribution >= 4 is 17.7 Å². The first-order valence-corrected chi connectivity index (χ1v) is 8.69. The summed E-state index contributed by atoms with van der Waals surface area (Å²) >= 11 is 0. The molecule has 0 saturated heterocycles. The van der Waals surface area contributed by atoms with E-state index in [0.29, 0.717) is 22.4 Å². The van der Waals surface area contributed by atoms with Crippen LogP contribution < -0.4 is 26.7 Å². The molecular weight excluding hydrogens is 392 g/mol. The second-order valence-electron chi connectivity index (χ2n) is 5.91. The maximum Gasteiger partial charge on any atom is 0.281 e. The lowest BCUT2D eigenvalue weighted by Gasteiger charge is -2.14. The van der Waals surface area contributed by atoms with Gasteiger partial charge in [-0.2, -0.15) is 0 Å². The highest BCUT2D eigenvalue weighted by Crippen LogP contribution is 2.11. The Morgan fingerprint density at radius 3 is 2.00 bits per heavy atom. The number of hydrogen-bond acceptors (Lipinski definition) is 7. The fourth-order valence-corrected chi connectivity index (χ4v) is 2.22. The monoisotopic (exact) mass is 412 g/mol. The Labute approximate surface area is 171 Å². The van der Waals surface area contributed by atoms with Gasteiger partial charge < -0.3 is 15.8 Å². The van der Waals surface area contributed by atoms with E-state index in [0.717, 1.165) is 0 Å². The lowest BCUT2D eigenvalue weighted by Crippen LogP contribution is -2.50. The smallest absolute Gasteiger partial charge is 0.281 e. The number of ether oxygens (including phenoxy) is 1. The number of carbonyl (C=O) groups excluding carboxylic acids is 3. The van der Waals surface area contributed by atoms with Gasteiger partial charge in [0.2, 0.25) is 0 Å². The minimum absolute atomic E-state index is 0.167.